The van der Waals surface area contributed by atoms with Crippen molar-refractivity contribution in [2.75, 3.05) is 0 Å². The van der Waals surface area contributed by atoms with E-state index in [0.29, 0.717) is 16.6 Å². The van der Waals surface area contributed by atoms with Crippen molar-refractivity contribution in [2.45, 2.75) is 0 Å². The predicted octanol–water partition coefficient (Wildman–Crippen LogP) is 11.6. The number of para-hydroxylation sites is 5. The minimum Gasteiger partial charge on any atom is -0.456 e. The van der Waals surface area contributed by atoms with E-state index in [1.54, 1.807) is 6.07 Å². The van der Waals surface area contributed by atoms with Gasteiger partial charge < -0.3 is 18.6 Å². The summed E-state index contributed by atoms with van der Waals surface area (Å²) in [6.07, 6.45) is 0. The molecule has 1 N–H and O–H groups in total. The number of nitroso groups, excluding NO2 is 1. The SMILES string of the molecule is O=NB(O)c1cccc2c1oc1c(-c3ccc4c(c3)c3cc(-c5ccc6c(c5)c5ccccc5n6-c5ccccc5)ccc3n4-c3ccccc3)cccc12. The maximum atomic E-state index is 11.3. The minimum atomic E-state index is -1.51. The molecule has 0 aliphatic heterocycles. The molecule has 3 aromatic heterocycles. The number of furan rings is 1. The first-order valence-corrected chi connectivity index (χ1v) is 18.3. The van der Waals surface area contributed by atoms with E-state index >= 15 is 0 Å². The monoisotopic (exact) mass is 707 g/mol. The van der Waals surface area contributed by atoms with Crippen molar-refractivity contribution >= 4 is 78.1 Å². The molecule has 0 bridgehead atoms. The number of fused-ring (bicyclic) bond motifs is 9. The van der Waals surface area contributed by atoms with Crippen LogP contribution >= 0.6 is 0 Å². The lowest BCUT2D eigenvalue weighted by Gasteiger charge is -2.09. The summed E-state index contributed by atoms with van der Waals surface area (Å²) in [6.45, 7) is 0. The van der Waals surface area contributed by atoms with Crippen molar-refractivity contribution in [2.24, 2.45) is 5.09 Å². The van der Waals surface area contributed by atoms with Crippen LogP contribution in [-0.4, -0.2) is 21.2 Å². The van der Waals surface area contributed by atoms with Crippen LogP contribution in [0.2, 0.25) is 0 Å². The van der Waals surface area contributed by atoms with Crippen LogP contribution in [-0.2, 0) is 0 Å². The van der Waals surface area contributed by atoms with Gasteiger partial charge in [-0.15, -0.1) is 0 Å². The van der Waals surface area contributed by atoms with Gasteiger partial charge >= 0.3 is 7.05 Å². The average molecular weight is 708 g/mol. The molecule has 3 heterocycles. The second kappa shape index (κ2) is 12.2. The molecule has 0 fully saturated rings. The van der Waals surface area contributed by atoms with Crippen LogP contribution in [0, 0.1) is 4.91 Å². The number of benzene rings is 8. The molecule has 0 saturated carbocycles. The number of hydrogen-bond acceptors (Lipinski definition) is 4. The van der Waals surface area contributed by atoms with E-state index in [1.807, 2.05) is 30.3 Å². The summed E-state index contributed by atoms with van der Waals surface area (Å²) < 4.78 is 11.1. The molecule has 11 rings (SSSR count). The van der Waals surface area contributed by atoms with E-state index in [-0.39, 0.29) is 0 Å². The predicted molar refractivity (Wildman–Crippen MR) is 227 cm³/mol. The first-order chi connectivity index (χ1) is 27.2. The third-order valence-corrected chi connectivity index (χ3v) is 11.0. The fourth-order valence-electron chi connectivity index (χ4n) is 8.56. The van der Waals surface area contributed by atoms with E-state index < -0.39 is 7.05 Å². The Kier molecular flexibility index (Phi) is 6.93. The summed E-state index contributed by atoms with van der Waals surface area (Å²) in [6, 6.07) is 61.4. The largest absolute Gasteiger partial charge is 0.521 e. The van der Waals surface area contributed by atoms with Gasteiger partial charge in [-0.2, -0.15) is 4.91 Å². The molecule has 6 nitrogen and oxygen atoms in total. The van der Waals surface area contributed by atoms with Gasteiger partial charge in [0.05, 0.1) is 22.1 Å². The first kappa shape index (κ1) is 31.3. The zero-order chi connectivity index (χ0) is 36.6. The molecule has 11 aromatic rings. The van der Waals surface area contributed by atoms with Gasteiger partial charge in [-0.25, -0.2) is 0 Å². The highest BCUT2D eigenvalue weighted by Gasteiger charge is 2.24. The third kappa shape index (κ3) is 4.73. The van der Waals surface area contributed by atoms with Crippen molar-refractivity contribution in [3.63, 3.8) is 0 Å². The molecule has 0 saturated heterocycles. The van der Waals surface area contributed by atoms with Crippen LogP contribution in [0.25, 0.3) is 99.2 Å². The van der Waals surface area contributed by atoms with Gasteiger partial charge in [0, 0.05) is 54.7 Å². The Morgan fingerprint density at radius 3 is 1.53 bits per heavy atom. The molecule has 8 aromatic carbocycles. The van der Waals surface area contributed by atoms with Crippen LogP contribution in [0.4, 0.5) is 0 Å². The summed E-state index contributed by atoms with van der Waals surface area (Å²) in [5.41, 5.74) is 12.5. The summed E-state index contributed by atoms with van der Waals surface area (Å²) in [5, 5.41) is 19.7. The average Bonchev–Trinajstić information content (AvgIpc) is 3.91. The van der Waals surface area contributed by atoms with Crippen molar-refractivity contribution in [3.8, 4) is 33.6 Å². The highest BCUT2D eigenvalue weighted by molar-refractivity contribution is 6.67. The van der Waals surface area contributed by atoms with E-state index in [9.17, 15) is 9.93 Å². The number of aromatic nitrogens is 2. The molecule has 258 valence electrons. The summed E-state index contributed by atoms with van der Waals surface area (Å²) in [7, 11) is -1.51. The number of nitrogens with zero attached hydrogens (tertiary/aromatic N) is 3. The van der Waals surface area contributed by atoms with Gasteiger partial charge in [-0.05, 0) is 83.4 Å². The highest BCUT2D eigenvalue weighted by atomic mass is 16.3. The van der Waals surface area contributed by atoms with Crippen LogP contribution in [0.5, 0.6) is 0 Å². The van der Waals surface area contributed by atoms with Crippen LogP contribution in [0.15, 0.2) is 185 Å². The van der Waals surface area contributed by atoms with Gasteiger partial charge in [0.15, 0.2) is 0 Å². The molecular formula is C48H30BN3O3. The molecular weight excluding hydrogens is 677 g/mol. The van der Waals surface area contributed by atoms with Crippen molar-refractivity contribution in [3.05, 3.63) is 181 Å². The van der Waals surface area contributed by atoms with Crippen LogP contribution in [0.3, 0.4) is 0 Å². The molecule has 0 unspecified atom stereocenters. The zero-order valence-corrected chi connectivity index (χ0v) is 29.4. The number of rotatable bonds is 6. The summed E-state index contributed by atoms with van der Waals surface area (Å²) in [5.74, 6) is 0. The minimum absolute atomic E-state index is 0.353. The van der Waals surface area contributed by atoms with Gasteiger partial charge in [0.25, 0.3) is 0 Å². The Balaban J connectivity index is 1.13. The Labute approximate surface area is 315 Å². The Morgan fingerprint density at radius 2 is 0.909 bits per heavy atom. The van der Waals surface area contributed by atoms with Crippen molar-refractivity contribution in [1.82, 2.24) is 9.13 Å². The van der Waals surface area contributed by atoms with E-state index in [2.05, 4.69) is 154 Å². The lowest BCUT2D eigenvalue weighted by molar-refractivity contribution is 0.586. The maximum absolute atomic E-state index is 11.3. The molecule has 0 aliphatic carbocycles. The van der Waals surface area contributed by atoms with Gasteiger partial charge in [0.1, 0.15) is 11.2 Å². The molecule has 7 heteroatoms. The second-order valence-corrected chi connectivity index (χ2v) is 14.0. The van der Waals surface area contributed by atoms with Crippen molar-refractivity contribution < 1.29 is 9.44 Å². The molecule has 0 amide bonds. The normalized spacial score (nSPS) is 11.8. The standard InChI is InChI=1S/C48H30BN3O3/c53-49(50-54)42-19-10-18-38-37-17-9-16-35(47(37)55-48(38)42)32-23-26-46-41(29-32)40-28-31(22-25-45(40)52(46)34-13-5-2-6-14-34)30-21-24-44-39(27-30)36-15-7-8-20-43(36)51(44)33-11-3-1-4-12-33/h1-29,53H. The lowest BCUT2D eigenvalue weighted by Crippen LogP contribution is -2.27. The molecule has 55 heavy (non-hydrogen) atoms. The molecule has 0 spiro atoms. The van der Waals surface area contributed by atoms with Gasteiger partial charge in [-0.1, -0.05) is 114 Å². The smallest absolute Gasteiger partial charge is 0.456 e. The van der Waals surface area contributed by atoms with Gasteiger partial charge in [0.2, 0.25) is 0 Å². The Morgan fingerprint density at radius 1 is 0.436 bits per heavy atom. The van der Waals surface area contributed by atoms with Crippen molar-refractivity contribution in [1.29, 1.82) is 0 Å². The fraction of sp³-hybridized carbons (Fsp3) is 0. The first-order valence-electron chi connectivity index (χ1n) is 18.3. The Hall–Kier alpha value is -7.22. The van der Waals surface area contributed by atoms with E-state index in [1.165, 1.54) is 21.8 Å². The Bertz CT molecular complexity index is 3310. The van der Waals surface area contributed by atoms with Crippen LogP contribution < -0.4 is 5.46 Å². The topological polar surface area (TPSA) is 72.7 Å². The van der Waals surface area contributed by atoms with E-state index in [0.717, 1.165) is 66.2 Å². The molecule has 0 atom stereocenters. The van der Waals surface area contributed by atoms with Crippen LogP contribution in [0.1, 0.15) is 0 Å². The molecule has 0 aliphatic rings. The third-order valence-electron chi connectivity index (χ3n) is 11.0. The van der Waals surface area contributed by atoms with E-state index in [4.69, 9.17) is 4.42 Å². The zero-order valence-electron chi connectivity index (χ0n) is 29.4. The maximum Gasteiger partial charge on any atom is 0.521 e. The van der Waals surface area contributed by atoms with Gasteiger partial charge in [-0.3, -0.25) is 0 Å². The summed E-state index contributed by atoms with van der Waals surface area (Å²) in [4.78, 5) is 11.3. The summed E-state index contributed by atoms with van der Waals surface area (Å²) >= 11 is 0. The fourth-order valence-corrected chi connectivity index (χ4v) is 8.56. The highest BCUT2D eigenvalue weighted by Crippen LogP contribution is 2.41. The molecule has 0 radical (unpaired) electrons. The second-order valence-electron chi connectivity index (χ2n) is 14.0. The quantitative estimate of drug-likeness (QED) is 0.138. The number of hydrogen-bond donors (Lipinski definition) is 1. The lowest BCUT2D eigenvalue weighted by atomic mass is 9.75.